The first kappa shape index (κ1) is 21.5. The van der Waals surface area contributed by atoms with Crippen LogP contribution in [0.1, 0.15) is 71.1 Å². The van der Waals surface area contributed by atoms with Gasteiger partial charge in [-0.15, -0.1) is 0 Å². The first-order valence-corrected chi connectivity index (χ1v) is 10.4. The molecule has 0 heterocycles. The molecule has 4 N–H and O–H groups in total. The Morgan fingerprint density at radius 3 is 2.44 bits per heavy atom. The van der Waals surface area contributed by atoms with Gasteiger partial charge in [0.05, 0.1) is 6.61 Å². The Bertz CT molecular complexity index is 515. The first-order chi connectivity index (χ1) is 13.0. The van der Waals surface area contributed by atoms with Gasteiger partial charge in [0.2, 0.25) is 5.91 Å². The number of ether oxygens (including phenoxy) is 1. The van der Waals surface area contributed by atoms with Gasteiger partial charge in [-0.25, -0.2) is 0 Å². The molecular weight excluding hydrogens is 346 g/mol. The van der Waals surface area contributed by atoms with Crippen LogP contribution < -0.4 is 11.1 Å². The van der Waals surface area contributed by atoms with Crippen LogP contribution in [0.4, 0.5) is 0 Å². The van der Waals surface area contributed by atoms with E-state index in [9.17, 15) is 9.59 Å². The second-order valence-electron chi connectivity index (χ2n) is 8.06. The summed E-state index contributed by atoms with van der Waals surface area (Å²) in [5.74, 6) is 1.35. The lowest BCUT2D eigenvalue weighted by atomic mass is 9.79. The number of hydrogen-bond donors (Lipinski definition) is 3. The molecule has 2 unspecified atom stereocenters. The van der Waals surface area contributed by atoms with Crippen molar-refractivity contribution in [2.24, 2.45) is 34.6 Å². The molecule has 0 bridgehead atoms. The summed E-state index contributed by atoms with van der Waals surface area (Å²) >= 11 is 0. The minimum Gasteiger partial charge on any atom is -0.466 e. The van der Waals surface area contributed by atoms with E-state index in [1.807, 2.05) is 6.92 Å². The van der Waals surface area contributed by atoms with Crippen LogP contribution in [0, 0.1) is 23.7 Å². The number of nitrogens with zero attached hydrogens (tertiary/aromatic N) is 1. The van der Waals surface area contributed by atoms with Gasteiger partial charge in [0, 0.05) is 24.8 Å². The Morgan fingerprint density at radius 2 is 1.78 bits per heavy atom. The van der Waals surface area contributed by atoms with Gasteiger partial charge in [-0.2, -0.15) is 0 Å². The van der Waals surface area contributed by atoms with E-state index >= 15 is 0 Å². The summed E-state index contributed by atoms with van der Waals surface area (Å²) in [6, 6.07) is 0. The van der Waals surface area contributed by atoms with E-state index < -0.39 is 0 Å². The number of nitrogens with one attached hydrogen (secondary N) is 1. The summed E-state index contributed by atoms with van der Waals surface area (Å²) in [6.45, 7) is 3.01. The molecule has 2 aliphatic rings. The Morgan fingerprint density at radius 1 is 1.11 bits per heavy atom. The van der Waals surface area contributed by atoms with Gasteiger partial charge in [0.15, 0.2) is 0 Å². The predicted molar refractivity (Wildman–Crippen MR) is 103 cm³/mol. The van der Waals surface area contributed by atoms with Crippen LogP contribution in [0.15, 0.2) is 5.16 Å². The normalized spacial score (nSPS) is 29.1. The van der Waals surface area contributed by atoms with Crippen molar-refractivity contribution in [1.82, 2.24) is 5.32 Å². The SMILES string of the molecule is CCOC(=O)CCC1CCC(CNC(=O)C2CCCC(/C(N)=N\O)C2)CC1. The lowest BCUT2D eigenvalue weighted by Gasteiger charge is -2.30. The Hall–Kier alpha value is -1.79. The number of esters is 1. The highest BCUT2D eigenvalue weighted by molar-refractivity contribution is 5.84. The lowest BCUT2D eigenvalue weighted by Crippen LogP contribution is -2.39. The maximum absolute atomic E-state index is 12.5. The Labute approximate surface area is 162 Å². The molecule has 7 heteroatoms. The van der Waals surface area contributed by atoms with Crippen molar-refractivity contribution in [2.75, 3.05) is 13.2 Å². The fourth-order valence-electron chi connectivity index (χ4n) is 4.45. The first-order valence-electron chi connectivity index (χ1n) is 10.4. The van der Waals surface area contributed by atoms with Gasteiger partial charge < -0.3 is 21.0 Å². The molecule has 2 fully saturated rings. The zero-order valence-electron chi connectivity index (χ0n) is 16.5. The highest BCUT2D eigenvalue weighted by Gasteiger charge is 2.30. The number of nitrogens with two attached hydrogens (primary N) is 1. The second-order valence-corrected chi connectivity index (χ2v) is 8.06. The standard InChI is InChI=1S/C20H35N3O4/c1-2-27-18(24)11-10-14-6-8-15(9-7-14)13-22-20(25)17-5-3-4-16(12-17)19(21)23-26/h14-17,26H,2-13H2,1H3,(H2,21,23)(H,22,25). The maximum atomic E-state index is 12.5. The molecule has 0 aromatic rings. The largest absolute Gasteiger partial charge is 0.466 e. The second kappa shape index (κ2) is 11.1. The average Bonchev–Trinajstić information content (AvgIpc) is 2.71. The number of carbonyl (C=O) groups excluding carboxylic acids is 2. The summed E-state index contributed by atoms with van der Waals surface area (Å²) in [5.41, 5.74) is 5.71. The quantitative estimate of drug-likeness (QED) is 0.197. The summed E-state index contributed by atoms with van der Waals surface area (Å²) < 4.78 is 4.99. The van der Waals surface area contributed by atoms with Gasteiger partial charge in [-0.05, 0) is 57.3 Å². The van der Waals surface area contributed by atoms with E-state index in [1.165, 1.54) is 0 Å². The maximum Gasteiger partial charge on any atom is 0.305 e. The van der Waals surface area contributed by atoms with E-state index in [1.54, 1.807) is 0 Å². The molecule has 0 spiro atoms. The van der Waals surface area contributed by atoms with Gasteiger partial charge in [-0.3, -0.25) is 9.59 Å². The molecule has 1 amide bonds. The van der Waals surface area contributed by atoms with Crippen molar-refractivity contribution < 1.29 is 19.5 Å². The zero-order valence-corrected chi connectivity index (χ0v) is 16.5. The molecule has 0 saturated heterocycles. The molecule has 27 heavy (non-hydrogen) atoms. The van der Waals surface area contributed by atoms with Crippen molar-refractivity contribution in [3.63, 3.8) is 0 Å². The van der Waals surface area contributed by atoms with Crippen LogP contribution in [0.25, 0.3) is 0 Å². The third-order valence-electron chi connectivity index (χ3n) is 6.17. The van der Waals surface area contributed by atoms with Crippen LogP contribution in [0.5, 0.6) is 0 Å². The minimum atomic E-state index is -0.0930. The minimum absolute atomic E-state index is 0.00865. The molecule has 0 radical (unpaired) electrons. The Kier molecular flexibility index (Phi) is 8.88. The summed E-state index contributed by atoms with van der Waals surface area (Å²) in [7, 11) is 0. The van der Waals surface area contributed by atoms with E-state index in [4.69, 9.17) is 15.7 Å². The molecule has 2 aliphatic carbocycles. The summed E-state index contributed by atoms with van der Waals surface area (Å²) in [4.78, 5) is 24.0. The van der Waals surface area contributed by atoms with Crippen LogP contribution >= 0.6 is 0 Å². The van der Waals surface area contributed by atoms with E-state index in [-0.39, 0.29) is 29.5 Å². The molecule has 2 saturated carbocycles. The molecule has 2 atom stereocenters. The molecule has 0 aromatic heterocycles. The third kappa shape index (κ3) is 7.03. The van der Waals surface area contributed by atoms with Gasteiger partial charge in [-0.1, -0.05) is 24.4 Å². The lowest BCUT2D eigenvalue weighted by molar-refractivity contribution is -0.143. The van der Waals surface area contributed by atoms with E-state index in [2.05, 4.69) is 10.5 Å². The molecular formula is C20H35N3O4. The fourth-order valence-corrected chi connectivity index (χ4v) is 4.45. The highest BCUT2D eigenvalue weighted by Crippen LogP contribution is 2.32. The molecule has 0 aromatic carbocycles. The van der Waals surface area contributed by atoms with Crippen LogP contribution in [0.3, 0.4) is 0 Å². The average molecular weight is 382 g/mol. The molecule has 7 nitrogen and oxygen atoms in total. The van der Waals surface area contributed by atoms with E-state index in [0.29, 0.717) is 31.3 Å². The smallest absolute Gasteiger partial charge is 0.305 e. The monoisotopic (exact) mass is 381 g/mol. The number of carbonyl (C=O) groups is 2. The van der Waals surface area contributed by atoms with Gasteiger partial charge >= 0.3 is 5.97 Å². The van der Waals surface area contributed by atoms with Crippen molar-refractivity contribution in [2.45, 2.75) is 71.1 Å². The summed E-state index contributed by atoms with van der Waals surface area (Å²) in [5, 5.41) is 15.1. The van der Waals surface area contributed by atoms with Crippen molar-refractivity contribution >= 4 is 17.7 Å². The number of oxime groups is 1. The molecule has 2 rings (SSSR count). The third-order valence-corrected chi connectivity index (χ3v) is 6.17. The number of rotatable bonds is 8. The number of hydrogen-bond acceptors (Lipinski definition) is 5. The zero-order chi connectivity index (χ0) is 19.6. The van der Waals surface area contributed by atoms with Crippen LogP contribution in [-0.2, 0) is 14.3 Å². The van der Waals surface area contributed by atoms with Crippen molar-refractivity contribution in [1.29, 1.82) is 0 Å². The topological polar surface area (TPSA) is 114 Å². The van der Waals surface area contributed by atoms with Crippen LogP contribution in [0.2, 0.25) is 0 Å². The highest BCUT2D eigenvalue weighted by atomic mass is 16.5. The molecule has 154 valence electrons. The van der Waals surface area contributed by atoms with Crippen LogP contribution in [-0.4, -0.2) is 36.1 Å². The molecule has 0 aliphatic heterocycles. The van der Waals surface area contributed by atoms with Crippen molar-refractivity contribution in [3.8, 4) is 0 Å². The number of amidine groups is 1. The Balaban J connectivity index is 1.64. The fraction of sp³-hybridized carbons (Fsp3) is 0.850. The van der Waals surface area contributed by atoms with E-state index in [0.717, 1.165) is 57.9 Å². The van der Waals surface area contributed by atoms with Gasteiger partial charge in [0.25, 0.3) is 0 Å². The van der Waals surface area contributed by atoms with Gasteiger partial charge in [0.1, 0.15) is 5.84 Å². The van der Waals surface area contributed by atoms with Crippen molar-refractivity contribution in [3.05, 3.63) is 0 Å². The predicted octanol–water partition coefficient (Wildman–Crippen LogP) is 2.81. The summed E-state index contributed by atoms with van der Waals surface area (Å²) in [6.07, 6.45) is 9.24. The number of amides is 1.